The van der Waals surface area contributed by atoms with E-state index in [4.69, 9.17) is 17.0 Å². The zero-order valence-corrected chi connectivity index (χ0v) is 16.1. The molecule has 2 heterocycles. The Balaban J connectivity index is 1.57. The number of hydrogen-bond acceptors (Lipinski definition) is 6. The molecule has 0 radical (unpaired) electrons. The van der Waals surface area contributed by atoms with Gasteiger partial charge in [0.25, 0.3) is 5.91 Å². The van der Waals surface area contributed by atoms with Crippen LogP contribution >= 0.6 is 35.3 Å². The van der Waals surface area contributed by atoms with Crippen LogP contribution in [0.3, 0.4) is 0 Å². The third kappa shape index (κ3) is 6.78. The minimum atomic E-state index is -0.418. The van der Waals surface area contributed by atoms with Crippen LogP contribution in [0, 0.1) is 5.92 Å². The number of nitrogens with one attached hydrogen (secondary N) is 1. The van der Waals surface area contributed by atoms with Gasteiger partial charge in [-0.15, -0.1) is 11.3 Å². The largest absolute Gasteiger partial charge is 0.455 e. The molecule has 1 N–H and O–H groups in total. The molecule has 2 rings (SSSR count). The van der Waals surface area contributed by atoms with Gasteiger partial charge in [0.1, 0.15) is 4.32 Å². The van der Waals surface area contributed by atoms with Crippen LogP contribution in [0.1, 0.15) is 24.6 Å². The highest BCUT2D eigenvalue weighted by atomic mass is 32.2. The summed E-state index contributed by atoms with van der Waals surface area (Å²) < 4.78 is 5.72. The van der Waals surface area contributed by atoms with Gasteiger partial charge in [0.2, 0.25) is 0 Å². The lowest BCUT2D eigenvalue weighted by atomic mass is 10.00. The molecule has 0 aliphatic carbocycles. The van der Waals surface area contributed by atoms with Crippen LogP contribution in [-0.4, -0.2) is 46.5 Å². The van der Waals surface area contributed by atoms with Gasteiger partial charge in [0, 0.05) is 18.0 Å². The van der Waals surface area contributed by atoms with Gasteiger partial charge in [0.15, 0.2) is 6.61 Å². The summed E-state index contributed by atoms with van der Waals surface area (Å²) in [6.07, 6.45) is 2.27. The summed E-state index contributed by atoms with van der Waals surface area (Å²) in [5, 5.41) is 4.66. The highest BCUT2D eigenvalue weighted by Crippen LogP contribution is 2.20. The quantitative estimate of drug-likeness (QED) is 0.599. The summed E-state index contributed by atoms with van der Waals surface area (Å²) in [6, 6.07) is 3.87. The Hall–Kier alpha value is -1.12. The number of nitrogens with zero attached hydrogens (tertiary/aromatic N) is 1. The van der Waals surface area contributed by atoms with Gasteiger partial charge < -0.3 is 15.0 Å². The predicted octanol–water partition coefficient (Wildman–Crippen LogP) is 2.66. The van der Waals surface area contributed by atoms with Gasteiger partial charge in [-0.05, 0) is 30.2 Å². The summed E-state index contributed by atoms with van der Waals surface area (Å²) in [5.74, 6) is 0.170. The number of rotatable bonds is 6. The molecular weight excluding hydrogens is 364 g/mol. The maximum Gasteiger partial charge on any atom is 0.316 e. The molecule has 5 nitrogen and oxygen atoms in total. The monoisotopic (exact) mass is 386 g/mol. The number of hydrogen-bond donors (Lipinski definition) is 1. The van der Waals surface area contributed by atoms with E-state index in [0.29, 0.717) is 6.54 Å². The fourth-order valence-electron chi connectivity index (χ4n) is 2.24. The van der Waals surface area contributed by atoms with Gasteiger partial charge in [-0.3, -0.25) is 9.59 Å². The lowest BCUT2D eigenvalue weighted by molar-refractivity contribution is -0.145. The summed E-state index contributed by atoms with van der Waals surface area (Å²) >= 11 is 8.23. The van der Waals surface area contributed by atoms with E-state index in [1.165, 1.54) is 11.8 Å². The minimum Gasteiger partial charge on any atom is -0.455 e. The standard InChI is InChI=1S/C16H22N2O3S3/c1-12-4-6-18(7-5-12)16(22)24-11-15(20)21-10-14(19)17-9-13-3-2-8-23-13/h2-3,8,12H,4-7,9-11H2,1H3,(H,17,19). The first-order chi connectivity index (χ1) is 11.5. The van der Waals surface area contributed by atoms with Crippen molar-refractivity contribution in [2.24, 2.45) is 5.92 Å². The molecule has 24 heavy (non-hydrogen) atoms. The molecule has 1 aromatic rings. The molecule has 1 aromatic heterocycles. The van der Waals surface area contributed by atoms with Crippen molar-refractivity contribution in [3.8, 4) is 0 Å². The number of piperidine rings is 1. The molecule has 1 saturated heterocycles. The second-order valence-corrected chi connectivity index (χ2v) is 8.38. The number of thiocarbonyl (C=S) groups is 1. The van der Waals surface area contributed by atoms with E-state index < -0.39 is 5.97 Å². The third-order valence-corrected chi connectivity index (χ3v) is 6.13. The van der Waals surface area contributed by atoms with Gasteiger partial charge in [-0.2, -0.15) is 0 Å². The molecular formula is C16H22N2O3S3. The van der Waals surface area contributed by atoms with Crippen LogP contribution in [-0.2, 0) is 20.9 Å². The van der Waals surface area contributed by atoms with Crippen LogP contribution in [0.25, 0.3) is 0 Å². The molecule has 0 spiro atoms. The van der Waals surface area contributed by atoms with E-state index in [0.717, 1.165) is 41.0 Å². The molecule has 0 atom stereocenters. The number of thiophene rings is 1. The van der Waals surface area contributed by atoms with Gasteiger partial charge in [0.05, 0.1) is 12.3 Å². The van der Waals surface area contributed by atoms with Crippen LogP contribution in [0.5, 0.6) is 0 Å². The molecule has 0 unspecified atom stereocenters. The lowest BCUT2D eigenvalue weighted by Crippen LogP contribution is -2.36. The Kier molecular flexibility index (Phi) is 8.01. The molecule has 0 bridgehead atoms. The number of amides is 1. The Morgan fingerprint density at radius 1 is 1.46 bits per heavy atom. The minimum absolute atomic E-state index is 0.142. The molecule has 1 aliphatic heterocycles. The van der Waals surface area contributed by atoms with E-state index in [9.17, 15) is 9.59 Å². The fourth-order valence-corrected chi connectivity index (χ4v) is 3.93. The van der Waals surface area contributed by atoms with E-state index in [1.807, 2.05) is 17.5 Å². The van der Waals surface area contributed by atoms with Crippen molar-refractivity contribution in [2.75, 3.05) is 25.4 Å². The Morgan fingerprint density at radius 3 is 2.88 bits per heavy atom. The summed E-state index contributed by atoms with van der Waals surface area (Å²) in [5.41, 5.74) is 0. The van der Waals surface area contributed by atoms with E-state index >= 15 is 0 Å². The second kappa shape index (κ2) is 10.0. The lowest BCUT2D eigenvalue weighted by Gasteiger charge is -2.31. The highest BCUT2D eigenvalue weighted by molar-refractivity contribution is 8.23. The maximum atomic E-state index is 11.7. The normalized spacial score (nSPS) is 15.1. The van der Waals surface area contributed by atoms with Gasteiger partial charge in [-0.25, -0.2) is 0 Å². The smallest absolute Gasteiger partial charge is 0.316 e. The van der Waals surface area contributed by atoms with E-state index in [-0.39, 0.29) is 18.3 Å². The van der Waals surface area contributed by atoms with Gasteiger partial charge >= 0.3 is 5.97 Å². The molecule has 8 heteroatoms. The van der Waals surface area contributed by atoms with Crippen molar-refractivity contribution in [1.82, 2.24) is 10.2 Å². The van der Waals surface area contributed by atoms with Crippen LogP contribution in [0.15, 0.2) is 17.5 Å². The van der Waals surface area contributed by atoms with Crippen molar-refractivity contribution in [3.63, 3.8) is 0 Å². The van der Waals surface area contributed by atoms with E-state index in [1.54, 1.807) is 11.3 Å². The number of thioether (sulfide) groups is 1. The molecule has 0 saturated carbocycles. The number of carbonyl (C=O) groups excluding carboxylic acids is 2. The molecule has 1 amide bonds. The Bertz CT molecular complexity index is 555. The molecule has 132 valence electrons. The Labute approximate surface area is 156 Å². The van der Waals surface area contributed by atoms with E-state index in [2.05, 4.69) is 17.1 Å². The maximum absolute atomic E-state index is 11.7. The predicted molar refractivity (Wildman–Crippen MR) is 102 cm³/mol. The third-order valence-electron chi connectivity index (χ3n) is 3.76. The average Bonchev–Trinajstić information content (AvgIpc) is 3.10. The first-order valence-corrected chi connectivity index (χ1v) is 10.2. The van der Waals surface area contributed by atoms with Crippen molar-refractivity contribution in [2.45, 2.75) is 26.3 Å². The number of esters is 1. The highest BCUT2D eigenvalue weighted by Gasteiger charge is 2.19. The van der Waals surface area contributed by atoms with Crippen LogP contribution in [0.4, 0.5) is 0 Å². The van der Waals surface area contributed by atoms with Crippen molar-refractivity contribution in [1.29, 1.82) is 0 Å². The van der Waals surface area contributed by atoms with Crippen molar-refractivity contribution < 1.29 is 14.3 Å². The fraction of sp³-hybridized carbons (Fsp3) is 0.562. The molecule has 1 fully saturated rings. The molecule has 0 aromatic carbocycles. The second-order valence-electron chi connectivity index (χ2n) is 5.74. The number of ether oxygens (including phenoxy) is 1. The zero-order valence-electron chi connectivity index (χ0n) is 13.7. The first-order valence-electron chi connectivity index (χ1n) is 7.91. The molecule has 1 aliphatic rings. The number of likely N-dealkylation sites (tertiary alicyclic amines) is 1. The number of carbonyl (C=O) groups is 2. The summed E-state index contributed by atoms with van der Waals surface area (Å²) in [7, 11) is 0. The topological polar surface area (TPSA) is 58.6 Å². The van der Waals surface area contributed by atoms with Crippen molar-refractivity contribution >= 4 is 51.5 Å². The van der Waals surface area contributed by atoms with Crippen LogP contribution < -0.4 is 5.32 Å². The van der Waals surface area contributed by atoms with Crippen molar-refractivity contribution in [3.05, 3.63) is 22.4 Å². The SMILES string of the molecule is CC1CCN(C(=S)SCC(=O)OCC(=O)NCc2cccs2)CC1. The van der Waals surface area contributed by atoms with Crippen LogP contribution in [0.2, 0.25) is 0 Å². The summed E-state index contributed by atoms with van der Waals surface area (Å²) in [4.78, 5) is 26.6. The zero-order chi connectivity index (χ0) is 17.4. The van der Waals surface area contributed by atoms with Gasteiger partial charge in [-0.1, -0.05) is 37.0 Å². The Morgan fingerprint density at radius 2 is 2.21 bits per heavy atom. The average molecular weight is 387 g/mol. The first kappa shape index (κ1) is 19.2. The summed E-state index contributed by atoms with van der Waals surface area (Å²) in [6.45, 7) is 4.35.